The summed E-state index contributed by atoms with van der Waals surface area (Å²) in [7, 11) is 0. The number of piperazine rings is 1. The van der Waals surface area contributed by atoms with Crippen molar-refractivity contribution in [2.45, 2.75) is 77.7 Å². The number of H-pyrrole nitrogens is 1. The van der Waals surface area contributed by atoms with Crippen LogP contribution in [-0.2, 0) is 0 Å². The molecule has 7 nitrogen and oxygen atoms in total. The summed E-state index contributed by atoms with van der Waals surface area (Å²) in [5.41, 5.74) is 5.18. The smallest absolute Gasteiger partial charge is 0.291 e. The van der Waals surface area contributed by atoms with Crippen LogP contribution in [0.25, 0.3) is 5.57 Å². The first kappa shape index (κ1) is 26.6. The van der Waals surface area contributed by atoms with Gasteiger partial charge in [-0.2, -0.15) is 5.26 Å². The fourth-order valence-corrected chi connectivity index (χ4v) is 6.41. The van der Waals surface area contributed by atoms with Gasteiger partial charge in [0.1, 0.15) is 11.8 Å². The fourth-order valence-electron chi connectivity index (χ4n) is 6.41. The Hall–Kier alpha value is -2.95. The van der Waals surface area contributed by atoms with Crippen molar-refractivity contribution in [2.24, 2.45) is 5.41 Å². The van der Waals surface area contributed by atoms with Crippen LogP contribution in [0.4, 0.5) is 5.69 Å². The molecule has 7 heteroatoms. The number of nitrogens with zero attached hydrogens (tertiary/aromatic N) is 4. The number of benzene rings is 1. The molecule has 1 aromatic heterocycles. The number of aromatic nitrogens is 2. The number of allylic oxidation sites excluding steroid dienone is 2. The molecule has 1 saturated heterocycles. The number of aromatic amines is 1. The second-order valence-corrected chi connectivity index (χ2v) is 12.1. The zero-order chi connectivity index (χ0) is 26.7. The van der Waals surface area contributed by atoms with E-state index in [1.54, 1.807) is 0 Å². The van der Waals surface area contributed by atoms with Crippen LogP contribution >= 0.6 is 0 Å². The maximum absolute atomic E-state index is 13.1. The van der Waals surface area contributed by atoms with Gasteiger partial charge in [0.05, 0.1) is 6.20 Å². The van der Waals surface area contributed by atoms with Crippen molar-refractivity contribution < 1.29 is 4.79 Å². The topological polar surface area (TPSA) is 88.0 Å². The Morgan fingerprint density at radius 1 is 1.18 bits per heavy atom. The lowest BCUT2D eigenvalue weighted by Gasteiger charge is -2.42. The summed E-state index contributed by atoms with van der Waals surface area (Å²) in [6, 6.07) is 9.42. The zero-order valence-corrected chi connectivity index (χ0v) is 23.2. The molecule has 1 saturated carbocycles. The van der Waals surface area contributed by atoms with Crippen LogP contribution < -0.4 is 5.32 Å². The van der Waals surface area contributed by atoms with Crippen LogP contribution in [0.3, 0.4) is 0 Å². The summed E-state index contributed by atoms with van der Waals surface area (Å²) in [6.45, 7) is 12.8. The molecule has 38 heavy (non-hydrogen) atoms. The molecule has 1 aromatic carbocycles. The minimum Gasteiger partial charge on any atom is -0.326 e. The largest absolute Gasteiger partial charge is 0.326 e. The molecular weight excluding hydrogens is 472 g/mol. The lowest BCUT2D eigenvalue weighted by atomic mass is 9.76. The van der Waals surface area contributed by atoms with E-state index in [1.165, 1.54) is 69.2 Å². The lowest BCUT2D eigenvalue weighted by Crippen LogP contribution is -2.50. The fraction of sp³-hybridized carbons (Fsp3) is 0.581. The maximum atomic E-state index is 13.1. The molecule has 202 valence electrons. The number of nitriles is 1. The van der Waals surface area contributed by atoms with Crippen LogP contribution in [0.1, 0.15) is 99.1 Å². The second kappa shape index (κ2) is 11.4. The first-order valence-electron chi connectivity index (χ1n) is 14.4. The SMILES string of the molecule is CCN1CCN(C2CCC(c3ccc(C4=CCC(C)(C)CC4)c(NC(=O)c4ncc(C#N)[nH]4)c3)CC2)CC1. The van der Waals surface area contributed by atoms with Gasteiger partial charge in [0.2, 0.25) is 0 Å². The molecule has 1 amide bonds. The van der Waals surface area contributed by atoms with Crippen LogP contribution in [0.5, 0.6) is 0 Å². The molecule has 2 fully saturated rings. The highest BCUT2D eigenvalue weighted by Crippen LogP contribution is 2.42. The molecule has 3 aliphatic rings. The molecule has 2 N–H and O–H groups in total. The van der Waals surface area contributed by atoms with Gasteiger partial charge in [-0.1, -0.05) is 39.0 Å². The van der Waals surface area contributed by atoms with Crippen molar-refractivity contribution in [1.82, 2.24) is 19.8 Å². The molecule has 0 unspecified atom stereocenters. The average Bonchev–Trinajstić information content (AvgIpc) is 3.43. The Morgan fingerprint density at radius 2 is 1.95 bits per heavy atom. The molecule has 0 bridgehead atoms. The number of amides is 1. The quantitative estimate of drug-likeness (QED) is 0.509. The van der Waals surface area contributed by atoms with E-state index in [1.807, 2.05) is 6.07 Å². The Morgan fingerprint density at radius 3 is 2.58 bits per heavy atom. The summed E-state index contributed by atoms with van der Waals surface area (Å²) in [4.78, 5) is 25.3. The Balaban J connectivity index is 1.32. The normalized spacial score (nSPS) is 24.4. The third-order valence-electron chi connectivity index (χ3n) is 9.06. The van der Waals surface area contributed by atoms with Crippen LogP contribution in [0, 0.1) is 16.7 Å². The van der Waals surface area contributed by atoms with E-state index in [9.17, 15) is 4.79 Å². The van der Waals surface area contributed by atoms with Crippen molar-refractivity contribution >= 4 is 17.2 Å². The molecule has 2 aliphatic carbocycles. The van der Waals surface area contributed by atoms with Gasteiger partial charge in [0.15, 0.2) is 5.82 Å². The molecule has 5 rings (SSSR count). The highest BCUT2D eigenvalue weighted by Gasteiger charge is 2.30. The van der Waals surface area contributed by atoms with Crippen LogP contribution in [-0.4, -0.2) is 64.4 Å². The molecule has 0 spiro atoms. The summed E-state index contributed by atoms with van der Waals surface area (Å²) < 4.78 is 0. The van der Waals surface area contributed by atoms with E-state index in [0.29, 0.717) is 17.4 Å². The summed E-state index contributed by atoms with van der Waals surface area (Å²) in [5.74, 6) is 0.373. The zero-order valence-electron chi connectivity index (χ0n) is 23.2. The van der Waals surface area contributed by atoms with Crippen molar-refractivity contribution in [3.8, 4) is 6.07 Å². The molecule has 0 radical (unpaired) electrons. The van der Waals surface area contributed by atoms with Crippen molar-refractivity contribution in [1.29, 1.82) is 5.26 Å². The number of carbonyl (C=O) groups excluding carboxylic acids is 1. The van der Waals surface area contributed by atoms with Gasteiger partial charge in [-0.05, 0) is 80.0 Å². The monoisotopic (exact) mass is 514 g/mol. The summed E-state index contributed by atoms with van der Waals surface area (Å²) in [5, 5.41) is 12.3. The summed E-state index contributed by atoms with van der Waals surface area (Å²) in [6.07, 6.45) is 11.8. The van der Waals surface area contributed by atoms with Gasteiger partial charge < -0.3 is 15.2 Å². The molecule has 1 aliphatic heterocycles. The molecule has 2 aromatic rings. The van der Waals surface area contributed by atoms with Gasteiger partial charge in [-0.15, -0.1) is 0 Å². The Labute approximate surface area is 227 Å². The third-order valence-corrected chi connectivity index (χ3v) is 9.06. The number of rotatable bonds is 6. The van der Waals surface area contributed by atoms with Crippen molar-refractivity contribution in [3.05, 3.63) is 53.1 Å². The summed E-state index contributed by atoms with van der Waals surface area (Å²) >= 11 is 0. The highest BCUT2D eigenvalue weighted by atomic mass is 16.2. The minimum atomic E-state index is -0.309. The van der Waals surface area contributed by atoms with Crippen LogP contribution in [0.15, 0.2) is 30.5 Å². The van der Waals surface area contributed by atoms with E-state index in [2.05, 4.69) is 70.1 Å². The van der Waals surface area contributed by atoms with Crippen molar-refractivity contribution in [2.75, 3.05) is 38.0 Å². The Kier molecular flexibility index (Phi) is 8.01. The number of nitrogens with one attached hydrogen (secondary N) is 2. The Bertz CT molecular complexity index is 1210. The van der Waals surface area contributed by atoms with Gasteiger partial charge in [-0.25, -0.2) is 4.98 Å². The second-order valence-electron chi connectivity index (χ2n) is 12.1. The van der Waals surface area contributed by atoms with E-state index in [4.69, 9.17) is 5.26 Å². The van der Waals surface area contributed by atoms with Gasteiger partial charge in [0, 0.05) is 43.5 Å². The van der Waals surface area contributed by atoms with E-state index in [0.717, 1.165) is 37.1 Å². The average molecular weight is 515 g/mol. The number of carbonyl (C=O) groups is 1. The van der Waals surface area contributed by atoms with Crippen LogP contribution in [0.2, 0.25) is 0 Å². The first-order valence-corrected chi connectivity index (χ1v) is 14.4. The molecule has 0 atom stereocenters. The number of hydrogen-bond acceptors (Lipinski definition) is 5. The lowest BCUT2D eigenvalue weighted by molar-refractivity contribution is 0.0787. The standard InChI is InChI=1S/C31H42N6O/c1-4-36-15-17-37(18-16-36)26-8-5-22(6-9-26)24-7-10-27(23-11-13-31(2,3)14-12-23)28(19-24)35-30(38)29-33-21-25(20-32)34-29/h7,10-11,19,21-22,26H,4-6,8-9,12-18H2,1-3H3,(H,33,34)(H,35,38). The number of likely N-dealkylation sites (N-methyl/N-ethyl adjacent to an activating group) is 1. The predicted molar refractivity (Wildman–Crippen MR) is 152 cm³/mol. The van der Waals surface area contributed by atoms with Gasteiger partial charge in [-0.3, -0.25) is 9.69 Å². The molecular formula is C31H42N6O. The van der Waals surface area contributed by atoms with Crippen molar-refractivity contribution in [3.63, 3.8) is 0 Å². The number of anilines is 1. The number of imidazole rings is 1. The van der Waals surface area contributed by atoms with E-state index in [-0.39, 0.29) is 17.4 Å². The van der Waals surface area contributed by atoms with E-state index < -0.39 is 0 Å². The first-order chi connectivity index (χ1) is 18.3. The highest BCUT2D eigenvalue weighted by molar-refractivity contribution is 6.03. The molecule has 2 heterocycles. The maximum Gasteiger partial charge on any atom is 0.291 e. The number of hydrogen-bond donors (Lipinski definition) is 2. The van der Waals surface area contributed by atoms with E-state index >= 15 is 0 Å². The van der Waals surface area contributed by atoms with Gasteiger partial charge >= 0.3 is 0 Å². The minimum absolute atomic E-state index is 0.167. The predicted octanol–water partition coefficient (Wildman–Crippen LogP) is 5.79. The van der Waals surface area contributed by atoms with Gasteiger partial charge in [0.25, 0.3) is 5.91 Å². The third kappa shape index (κ3) is 6.03.